The summed E-state index contributed by atoms with van der Waals surface area (Å²) in [6.07, 6.45) is 0.958. The van der Waals surface area contributed by atoms with Crippen molar-refractivity contribution in [1.82, 2.24) is 14.1 Å². The fourth-order valence-electron chi connectivity index (χ4n) is 3.77. The van der Waals surface area contributed by atoms with E-state index in [4.69, 9.17) is 11.6 Å². The maximum Gasteiger partial charge on any atom is 0.265 e. The molecule has 10 heteroatoms. The summed E-state index contributed by atoms with van der Waals surface area (Å²) < 4.78 is 42.0. The summed E-state index contributed by atoms with van der Waals surface area (Å²) in [5.74, 6) is -0.914. The maximum atomic E-state index is 13.4. The van der Waals surface area contributed by atoms with Crippen LogP contribution in [0.15, 0.2) is 63.2 Å². The lowest BCUT2D eigenvalue weighted by atomic mass is 10.2. The van der Waals surface area contributed by atoms with Crippen LogP contribution in [0.3, 0.4) is 0 Å². The minimum atomic E-state index is -3.94. The third kappa shape index (κ3) is 4.34. The van der Waals surface area contributed by atoms with Crippen molar-refractivity contribution in [2.24, 2.45) is 0 Å². The van der Waals surface area contributed by atoms with E-state index in [0.717, 1.165) is 21.9 Å². The number of rotatable bonds is 5. The van der Waals surface area contributed by atoms with Crippen molar-refractivity contribution in [3.05, 3.63) is 70.8 Å². The van der Waals surface area contributed by atoms with Crippen LogP contribution in [0.25, 0.3) is 0 Å². The smallest absolute Gasteiger partial charge is 0.265 e. The van der Waals surface area contributed by atoms with E-state index in [0.29, 0.717) is 29.3 Å². The topological polar surface area (TPSA) is 72.3 Å². The first-order chi connectivity index (χ1) is 15.2. The van der Waals surface area contributed by atoms with Gasteiger partial charge in [-0.2, -0.15) is 9.40 Å². The molecule has 1 aromatic heterocycles. The monoisotopic (exact) mass is 493 g/mol. The first-order valence-corrected chi connectivity index (χ1v) is 12.6. The molecule has 0 amide bonds. The second-order valence-corrected chi connectivity index (χ2v) is 10.9. The lowest BCUT2D eigenvalue weighted by Gasteiger charge is -2.23. The van der Waals surface area contributed by atoms with Gasteiger partial charge in [-0.3, -0.25) is 4.79 Å². The Bertz CT molecular complexity index is 1260. The number of hydrogen-bond acceptors (Lipinski definition) is 5. The van der Waals surface area contributed by atoms with Gasteiger partial charge in [0.25, 0.3) is 5.91 Å². The molecule has 0 spiro atoms. The highest BCUT2D eigenvalue weighted by Gasteiger charge is 2.41. The van der Waals surface area contributed by atoms with Crippen LogP contribution in [-0.2, 0) is 10.0 Å². The van der Waals surface area contributed by atoms with Crippen molar-refractivity contribution in [3.63, 3.8) is 0 Å². The van der Waals surface area contributed by atoms with Crippen molar-refractivity contribution in [2.45, 2.75) is 47.4 Å². The summed E-state index contributed by atoms with van der Waals surface area (Å²) in [6, 6.07) is 11.1. The van der Waals surface area contributed by atoms with Gasteiger partial charge in [-0.25, -0.2) is 17.5 Å². The molecule has 2 heterocycles. The molecule has 0 saturated carbocycles. The van der Waals surface area contributed by atoms with Crippen molar-refractivity contribution in [1.29, 1.82) is 0 Å². The van der Waals surface area contributed by atoms with Gasteiger partial charge in [0.2, 0.25) is 10.0 Å². The molecule has 1 atom stereocenters. The summed E-state index contributed by atoms with van der Waals surface area (Å²) >= 11 is 7.43. The number of benzene rings is 2. The van der Waals surface area contributed by atoms with Gasteiger partial charge in [0.15, 0.2) is 0 Å². The maximum absolute atomic E-state index is 13.4. The quantitative estimate of drug-likeness (QED) is 0.503. The van der Waals surface area contributed by atoms with Crippen LogP contribution in [0.1, 0.15) is 29.0 Å². The van der Waals surface area contributed by atoms with Crippen LogP contribution in [0.4, 0.5) is 4.39 Å². The Morgan fingerprint density at radius 1 is 1.12 bits per heavy atom. The molecule has 32 heavy (non-hydrogen) atoms. The first kappa shape index (κ1) is 23.0. The number of carbonyl (C=O) groups excluding carboxylic acids is 1. The van der Waals surface area contributed by atoms with Crippen LogP contribution in [0, 0.1) is 19.7 Å². The average Bonchev–Trinajstić information content (AvgIpc) is 3.36. The van der Waals surface area contributed by atoms with Gasteiger partial charge in [0, 0.05) is 16.5 Å². The predicted molar refractivity (Wildman–Crippen MR) is 121 cm³/mol. The Hall–Kier alpha value is -2.20. The predicted octanol–water partition coefficient (Wildman–Crippen LogP) is 4.94. The minimum absolute atomic E-state index is 0.0362. The van der Waals surface area contributed by atoms with E-state index in [9.17, 15) is 17.6 Å². The third-order valence-electron chi connectivity index (χ3n) is 5.38. The molecule has 3 aromatic rings. The molecule has 6 nitrogen and oxygen atoms in total. The molecule has 4 rings (SSSR count). The van der Waals surface area contributed by atoms with E-state index in [-0.39, 0.29) is 11.4 Å². The van der Waals surface area contributed by atoms with Crippen molar-refractivity contribution in [2.75, 3.05) is 6.54 Å². The average molecular weight is 494 g/mol. The molecule has 1 fully saturated rings. The largest absolute Gasteiger partial charge is 0.271 e. The molecule has 0 aliphatic carbocycles. The number of hydrogen-bond donors (Lipinski definition) is 0. The van der Waals surface area contributed by atoms with E-state index in [2.05, 4.69) is 5.10 Å². The molecular formula is C22H21ClFN3O3S2. The van der Waals surface area contributed by atoms with Gasteiger partial charge in [-0.15, -0.1) is 0 Å². The molecule has 1 unspecified atom stereocenters. The highest BCUT2D eigenvalue weighted by atomic mass is 35.5. The zero-order valence-electron chi connectivity index (χ0n) is 17.5. The Morgan fingerprint density at radius 3 is 2.44 bits per heavy atom. The molecule has 1 aliphatic rings. The summed E-state index contributed by atoms with van der Waals surface area (Å²) in [4.78, 5) is 15.1. The minimum Gasteiger partial charge on any atom is -0.271 e. The summed E-state index contributed by atoms with van der Waals surface area (Å²) in [7, 11) is -3.94. The molecular weight excluding hydrogens is 473 g/mol. The number of aromatic nitrogens is 2. The second-order valence-electron chi connectivity index (χ2n) is 7.53. The van der Waals surface area contributed by atoms with Crippen molar-refractivity contribution in [3.8, 4) is 0 Å². The van der Waals surface area contributed by atoms with Gasteiger partial charge in [0.1, 0.15) is 11.9 Å². The summed E-state index contributed by atoms with van der Waals surface area (Å²) in [5.41, 5.74) is 1.33. The van der Waals surface area contributed by atoms with E-state index >= 15 is 0 Å². The zero-order chi connectivity index (χ0) is 23.0. The molecule has 1 aliphatic heterocycles. The first-order valence-electron chi connectivity index (χ1n) is 10.00. The normalized spacial score (nSPS) is 17.1. The Kier molecular flexibility index (Phi) is 6.44. The lowest BCUT2D eigenvalue weighted by Crippen LogP contribution is -2.43. The Balaban J connectivity index is 1.62. The van der Waals surface area contributed by atoms with Gasteiger partial charge >= 0.3 is 0 Å². The standard InChI is InChI=1S/C22H21ClFN3O3S2/c1-14-21(31-18-9-5-16(23)6-10-18)15(2)27(25-14)22(28)20-4-3-13-26(20)32(29,30)19-11-7-17(24)8-12-19/h5-12,20H,3-4,13H2,1-2H3. The SMILES string of the molecule is Cc1nn(C(=O)C2CCCN2S(=O)(=O)c2ccc(F)cc2)c(C)c1Sc1ccc(Cl)cc1. The van der Waals surface area contributed by atoms with Gasteiger partial charge in [-0.05, 0) is 75.2 Å². The fraction of sp³-hybridized carbons (Fsp3) is 0.273. The number of nitrogens with zero attached hydrogens (tertiary/aromatic N) is 3. The Morgan fingerprint density at radius 2 is 1.78 bits per heavy atom. The van der Waals surface area contributed by atoms with Crippen LogP contribution in [0.5, 0.6) is 0 Å². The molecule has 0 N–H and O–H groups in total. The van der Waals surface area contributed by atoms with Crippen LogP contribution in [0.2, 0.25) is 5.02 Å². The number of sulfonamides is 1. The molecule has 168 valence electrons. The highest BCUT2D eigenvalue weighted by Crippen LogP contribution is 2.34. The second kappa shape index (κ2) is 8.97. The van der Waals surface area contributed by atoms with Gasteiger partial charge < -0.3 is 0 Å². The molecule has 1 saturated heterocycles. The van der Waals surface area contributed by atoms with E-state index in [1.54, 1.807) is 19.1 Å². The van der Waals surface area contributed by atoms with Crippen LogP contribution >= 0.6 is 23.4 Å². The van der Waals surface area contributed by atoms with Gasteiger partial charge in [0.05, 0.1) is 21.2 Å². The number of aryl methyl sites for hydroxylation is 1. The number of carbonyl (C=O) groups is 1. The Labute approximate surface area is 195 Å². The summed E-state index contributed by atoms with van der Waals surface area (Å²) in [6.45, 7) is 3.84. The molecule has 2 aromatic carbocycles. The lowest BCUT2D eigenvalue weighted by molar-refractivity contribution is 0.0813. The molecule has 0 bridgehead atoms. The van der Waals surface area contributed by atoms with E-state index in [1.807, 2.05) is 19.1 Å². The van der Waals surface area contributed by atoms with Crippen molar-refractivity contribution >= 4 is 39.3 Å². The zero-order valence-corrected chi connectivity index (χ0v) is 19.8. The van der Waals surface area contributed by atoms with E-state index in [1.165, 1.54) is 32.9 Å². The number of halogens is 2. The third-order valence-corrected chi connectivity index (χ3v) is 8.85. The van der Waals surface area contributed by atoms with Crippen molar-refractivity contribution < 1.29 is 17.6 Å². The van der Waals surface area contributed by atoms with E-state index < -0.39 is 27.8 Å². The van der Waals surface area contributed by atoms with Crippen LogP contribution < -0.4 is 0 Å². The highest BCUT2D eigenvalue weighted by molar-refractivity contribution is 7.99. The fourth-order valence-corrected chi connectivity index (χ4v) is 6.48. The van der Waals surface area contributed by atoms with Crippen LogP contribution in [-0.4, -0.2) is 41.0 Å². The van der Waals surface area contributed by atoms with Gasteiger partial charge in [-0.1, -0.05) is 23.4 Å². The molecule has 0 radical (unpaired) electrons. The summed E-state index contributed by atoms with van der Waals surface area (Å²) in [5, 5.41) is 5.05.